The van der Waals surface area contributed by atoms with Gasteiger partial charge < -0.3 is 14.9 Å². The maximum atomic E-state index is 10.3. The molecule has 1 atom stereocenters. The van der Waals surface area contributed by atoms with E-state index in [9.17, 15) is 9.90 Å². The van der Waals surface area contributed by atoms with Gasteiger partial charge in [-0.05, 0) is 19.3 Å². The Bertz CT molecular complexity index is 170. The number of aliphatic hydroxyl groups is 1. The topological polar surface area (TPSA) is 66.8 Å². The second-order valence-electron chi connectivity index (χ2n) is 4.14. The van der Waals surface area contributed by atoms with Gasteiger partial charge in [0.05, 0.1) is 6.10 Å². The second kappa shape index (κ2) is 10.9. The van der Waals surface area contributed by atoms with E-state index in [0.717, 1.165) is 38.7 Å². The van der Waals surface area contributed by atoms with Crippen LogP contribution < -0.4 is 0 Å². The highest BCUT2D eigenvalue weighted by Gasteiger charge is 2.06. The monoisotopic (exact) mass is 232 g/mol. The number of hydrogen-bond acceptors (Lipinski definition) is 3. The van der Waals surface area contributed by atoms with Crippen molar-refractivity contribution in [3.05, 3.63) is 0 Å². The van der Waals surface area contributed by atoms with Gasteiger partial charge in [-0.15, -0.1) is 0 Å². The quantitative estimate of drug-likeness (QED) is 0.536. The molecule has 2 N–H and O–H groups in total. The minimum atomic E-state index is -0.835. The molecule has 0 saturated heterocycles. The molecule has 0 spiro atoms. The molecule has 0 bridgehead atoms. The van der Waals surface area contributed by atoms with Crippen LogP contribution in [0.1, 0.15) is 51.4 Å². The first-order chi connectivity index (χ1) is 7.66. The summed E-state index contributed by atoms with van der Waals surface area (Å²) in [6.45, 7) is 0.821. The molecule has 16 heavy (non-hydrogen) atoms. The van der Waals surface area contributed by atoms with Crippen LogP contribution in [0.25, 0.3) is 0 Å². The first kappa shape index (κ1) is 15.4. The van der Waals surface area contributed by atoms with Crippen LogP contribution in [0.5, 0.6) is 0 Å². The summed E-state index contributed by atoms with van der Waals surface area (Å²) in [7, 11) is 1.71. The summed E-state index contributed by atoms with van der Waals surface area (Å²) in [5, 5.41) is 17.9. The number of ether oxygens (including phenoxy) is 1. The van der Waals surface area contributed by atoms with Gasteiger partial charge in [0, 0.05) is 20.1 Å². The van der Waals surface area contributed by atoms with Crippen LogP contribution in [-0.4, -0.2) is 36.0 Å². The van der Waals surface area contributed by atoms with Crippen molar-refractivity contribution in [2.45, 2.75) is 57.5 Å². The molecule has 96 valence electrons. The van der Waals surface area contributed by atoms with Gasteiger partial charge in [-0.25, -0.2) is 0 Å². The third-order valence-corrected chi connectivity index (χ3v) is 2.58. The summed E-state index contributed by atoms with van der Waals surface area (Å²) >= 11 is 0. The normalized spacial score (nSPS) is 12.6. The zero-order valence-corrected chi connectivity index (χ0v) is 10.2. The average molecular weight is 232 g/mol. The maximum absolute atomic E-state index is 10.3. The molecule has 1 unspecified atom stereocenters. The third-order valence-electron chi connectivity index (χ3n) is 2.58. The largest absolute Gasteiger partial charge is 0.481 e. The lowest BCUT2D eigenvalue weighted by molar-refractivity contribution is -0.137. The standard InChI is InChI=1S/C12H24O4/c1-16-10-6-4-2-3-5-7-11(13)8-9-12(14)15/h11,13H,2-10H2,1H3,(H,14,15). The van der Waals surface area contributed by atoms with Gasteiger partial charge in [0.15, 0.2) is 0 Å². The molecular weight excluding hydrogens is 208 g/mol. The lowest BCUT2D eigenvalue weighted by Gasteiger charge is -2.08. The van der Waals surface area contributed by atoms with E-state index < -0.39 is 12.1 Å². The third kappa shape index (κ3) is 11.5. The predicted octanol–water partition coefficient (Wildman–Crippen LogP) is 2.20. The zero-order valence-electron chi connectivity index (χ0n) is 10.2. The number of hydrogen-bond donors (Lipinski definition) is 2. The fourth-order valence-corrected chi connectivity index (χ4v) is 1.59. The number of methoxy groups -OCH3 is 1. The van der Waals surface area contributed by atoms with Gasteiger partial charge in [-0.1, -0.05) is 25.7 Å². The number of unbranched alkanes of at least 4 members (excludes halogenated alkanes) is 4. The van der Waals surface area contributed by atoms with Crippen molar-refractivity contribution in [3.63, 3.8) is 0 Å². The molecule has 0 aromatic carbocycles. The summed E-state index contributed by atoms with van der Waals surface area (Å²) in [5.74, 6) is -0.835. The van der Waals surface area contributed by atoms with Gasteiger partial charge in [-0.2, -0.15) is 0 Å². The van der Waals surface area contributed by atoms with Gasteiger partial charge >= 0.3 is 5.97 Å². The van der Waals surface area contributed by atoms with Crippen LogP contribution in [0.15, 0.2) is 0 Å². The van der Waals surface area contributed by atoms with Crippen LogP contribution in [0.2, 0.25) is 0 Å². The molecule has 0 heterocycles. The lowest BCUT2D eigenvalue weighted by atomic mass is 10.0. The van der Waals surface area contributed by atoms with E-state index in [-0.39, 0.29) is 6.42 Å². The summed E-state index contributed by atoms with van der Waals surface area (Å²) in [6.07, 6.45) is 6.22. The van der Waals surface area contributed by atoms with E-state index in [4.69, 9.17) is 9.84 Å². The zero-order chi connectivity index (χ0) is 12.2. The Kier molecular flexibility index (Phi) is 10.5. The number of rotatable bonds is 11. The van der Waals surface area contributed by atoms with E-state index in [1.807, 2.05) is 0 Å². The van der Waals surface area contributed by atoms with Crippen molar-refractivity contribution in [2.75, 3.05) is 13.7 Å². The van der Waals surface area contributed by atoms with E-state index in [0.29, 0.717) is 6.42 Å². The maximum Gasteiger partial charge on any atom is 0.303 e. The summed E-state index contributed by atoms with van der Waals surface area (Å²) in [4.78, 5) is 10.3. The molecule has 0 rings (SSSR count). The van der Waals surface area contributed by atoms with Crippen molar-refractivity contribution in [1.82, 2.24) is 0 Å². The first-order valence-corrected chi connectivity index (χ1v) is 6.05. The molecule has 0 aliphatic rings. The molecule has 0 amide bonds. The van der Waals surface area contributed by atoms with E-state index >= 15 is 0 Å². The summed E-state index contributed by atoms with van der Waals surface area (Å²) < 4.78 is 4.95. The van der Waals surface area contributed by atoms with Crippen LogP contribution >= 0.6 is 0 Å². The summed E-state index contributed by atoms with van der Waals surface area (Å²) in [6, 6.07) is 0. The van der Waals surface area contributed by atoms with Crippen LogP contribution in [0, 0.1) is 0 Å². The number of carboxylic acid groups (broad SMARTS) is 1. The fourth-order valence-electron chi connectivity index (χ4n) is 1.59. The van der Waals surface area contributed by atoms with E-state index in [1.165, 1.54) is 6.42 Å². The van der Waals surface area contributed by atoms with Crippen LogP contribution in [0.4, 0.5) is 0 Å². The molecule has 4 heteroatoms. The van der Waals surface area contributed by atoms with Crippen LogP contribution in [-0.2, 0) is 9.53 Å². The van der Waals surface area contributed by atoms with Gasteiger partial charge in [-0.3, -0.25) is 4.79 Å². The average Bonchev–Trinajstić information content (AvgIpc) is 2.25. The number of aliphatic carboxylic acids is 1. The van der Waals surface area contributed by atoms with Crippen molar-refractivity contribution in [1.29, 1.82) is 0 Å². The second-order valence-corrected chi connectivity index (χ2v) is 4.14. The van der Waals surface area contributed by atoms with Crippen LogP contribution in [0.3, 0.4) is 0 Å². The molecule has 0 aromatic heterocycles. The molecule has 0 saturated carbocycles. The van der Waals surface area contributed by atoms with Crippen molar-refractivity contribution >= 4 is 5.97 Å². The Balaban J connectivity index is 3.15. The Morgan fingerprint density at radius 1 is 1.12 bits per heavy atom. The molecule has 0 aliphatic carbocycles. The minimum absolute atomic E-state index is 0.0645. The molecule has 4 nitrogen and oxygen atoms in total. The molecule has 0 aliphatic heterocycles. The number of carbonyl (C=O) groups is 1. The van der Waals surface area contributed by atoms with Gasteiger partial charge in [0.25, 0.3) is 0 Å². The first-order valence-electron chi connectivity index (χ1n) is 6.05. The van der Waals surface area contributed by atoms with Crippen molar-refractivity contribution in [2.24, 2.45) is 0 Å². The van der Waals surface area contributed by atoms with Gasteiger partial charge in [0.2, 0.25) is 0 Å². The minimum Gasteiger partial charge on any atom is -0.481 e. The van der Waals surface area contributed by atoms with E-state index in [1.54, 1.807) is 7.11 Å². The Morgan fingerprint density at radius 2 is 1.75 bits per heavy atom. The van der Waals surface area contributed by atoms with Crippen molar-refractivity contribution < 1.29 is 19.7 Å². The summed E-state index contributed by atoms with van der Waals surface area (Å²) in [5.41, 5.74) is 0. The number of aliphatic hydroxyl groups excluding tert-OH is 1. The molecule has 0 fully saturated rings. The highest BCUT2D eigenvalue weighted by Crippen LogP contribution is 2.10. The van der Waals surface area contributed by atoms with E-state index in [2.05, 4.69) is 0 Å². The number of carboxylic acids is 1. The molecular formula is C12H24O4. The van der Waals surface area contributed by atoms with Crippen molar-refractivity contribution in [3.8, 4) is 0 Å². The molecule has 0 radical (unpaired) electrons. The Labute approximate surface area is 97.6 Å². The Hall–Kier alpha value is -0.610. The molecule has 0 aromatic rings. The predicted molar refractivity (Wildman–Crippen MR) is 62.5 cm³/mol. The fraction of sp³-hybridized carbons (Fsp3) is 0.917. The van der Waals surface area contributed by atoms with Gasteiger partial charge in [0.1, 0.15) is 0 Å². The Morgan fingerprint density at radius 3 is 2.38 bits per heavy atom. The lowest BCUT2D eigenvalue weighted by Crippen LogP contribution is -2.09. The SMILES string of the molecule is COCCCCCCCC(O)CCC(=O)O. The smallest absolute Gasteiger partial charge is 0.303 e. The highest BCUT2D eigenvalue weighted by molar-refractivity contribution is 5.66. The highest BCUT2D eigenvalue weighted by atomic mass is 16.5.